The molecule has 0 heterocycles. The monoisotopic (exact) mass is 218 g/mol. The Morgan fingerprint density at radius 1 is 0.786 bits per heavy atom. The van der Waals surface area contributed by atoms with E-state index in [1.807, 2.05) is 0 Å². The van der Waals surface area contributed by atoms with Gasteiger partial charge in [0.15, 0.2) is 0 Å². The third-order valence-corrected chi connectivity index (χ3v) is 2.67. The minimum Gasteiger partial charge on any atom is -0.202 e. The van der Waals surface area contributed by atoms with Gasteiger partial charge in [0, 0.05) is 11.8 Å². The topological polar surface area (TPSA) is 0 Å². The molecular formula is C8H8F6. The lowest BCUT2D eigenvalue weighted by atomic mass is 9.79. The van der Waals surface area contributed by atoms with Gasteiger partial charge in [0.1, 0.15) is 0 Å². The first-order chi connectivity index (χ1) is 6.13. The summed E-state index contributed by atoms with van der Waals surface area (Å²) in [4.78, 5) is 0. The van der Waals surface area contributed by atoms with Gasteiger partial charge in [-0.3, -0.25) is 0 Å². The third-order valence-electron chi connectivity index (χ3n) is 2.67. The van der Waals surface area contributed by atoms with Crippen LogP contribution in [0.3, 0.4) is 0 Å². The molecule has 6 heteroatoms. The van der Waals surface area contributed by atoms with E-state index in [9.17, 15) is 26.3 Å². The van der Waals surface area contributed by atoms with Gasteiger partial charge in [-0.2, -0.15) is 17.6 Å². The van der Waals surface area contributed by atoms with Crippen molar-refractivity contribution in [3.63, 3.8) is 0 Å². The molecule has 0 spiro atoms. The molecule has 1 aliphatic rings. The molecule has 82 valence electrons. The van der Waals surface area contributed by atoms with Gasteiger partial charge < -0.3 is 0 Å². The average Bonchev–Trinajstić information content (AvgIpc) is 2.11. The summed E-state index contributed by atoms with van der Waals surface area (Å²) >= 11 is 0. The van der Waals surface area contributed by atoms with Crippen LogP contribution < -0.4 is 0 Å². The summed E-state index contributed by atoms with van der Waals surface area (Å²) in [6, 6.07) is 0. The van der Waals surface area contributed by atoms with Gasteiger partial charge in [-0.05, 0) is 0 Å². The van der Waals surface area contributed by atoms with Crippen molar-refractivity contribution in [2.75, 3.05) is 0 Å². The highest BCUT2D eigenvalue weighted by Gasteiger charge is 2.61. The first-order valence-electron chi connectivity index (χ1n) is 3.95. The second-order valence-corrected chi connectivity index (χ2v) is 3.45. The fraction of sp³-hybridized carbons (Fsp3) is 0.750. The maximum absolute atomic E-state index is 12.8. The molecule has 1 aliphatic carbocycles. The van der Waals surface area contributed by atoms with Crippen molar-refractivity contribution in [1.29, 1.82) is 0 Å². The SMILES string of the molecule is CC1C(C)C(F)(F)C(F)=C(F)C1(F)F. The van der Waals surface area contributed by atoms with Crippen LogP contribution >= 0.6 is 0 Å². The van der Waals surface area contributed by atoms with E-state index in [1.54, 1.807) is 0 Å². The van der Waals surface area contributed by atoms with Crippen LogP contribution in [0.25, 0.3) is 0 Å². The molecule has 0 aliphatic heterocycles. The van der Waals surface area contributed by atoms with E-state index in [0.717, 1.165) is 13.8 Å². The average molecular weight is 218 g/mol. The maximum atomic E-state index is 12.8. The van der Waals surface area contributed by atoms with Crippen molar-refractivity contribution in [3.8, 4) is 0 Å². The molecule has 0 bridgehead atoms. The van der Waals surface area contributed by atoms with E-state index >= 15 is 0 Å². The van der Waals surface area contributed by atoms with Crippen LogP contribution in [0.1, 0.15) is 13.8 Å². The maximum Gasteiger partial charge on any atom is 0.304 e. The van der Waals surface area contributed by atoms with Gasteiger partial charge >= 0.3 is 11.8 Å². The molecule has 0 saturated carbocycles. The number of alkyl halides is 4. The standard InChI is InChI=1S/C8H8F6/c1-3-4(2)8(13,14)6(10)5(9)7(3,11)12/h3-4H,1-2H3. The van der Waals surface area contributed by atoms with Crippen molar-refractivity contribution in [2.45, 2.75) is 25.7 Å². The minimum absolute atomic E-state index is 0.768. The van der Waals surface area contributed by atoms with Crippen LogP contribution in [-0.4, -0.2) is 11.8 Å². The molecule has 0 saturated heterocycles. The smallest absolute Gasteiger partial charge is 0.202 e. The molecule has 0 amide bonds. The molecule has 1 rings (SSSR count). The largest absolute Gasteiger partial charge is 0.304 e. The normalized spacial score (nSPS) is 36.0. The summed E-state index contributed by atoms with van der Waals surface area (Å²) in [5.74, 6) is -17.5. The number of hydrogen-bond acceptors (Lipinski definition) is 0. The van der Waals surface area contributed by atoms with E-state index < -0.39 is 35.3 Å². The predicted molar refractivity (Wildman–Crippen MR) is 37.5 cm³/mol. The zero-order valence-electron chi connectivity index (χ0n) is 7.42. The summed E-state index contributed by atoms with van der Waals surface area (Å²) in [7, 11) is 0. The Labute approximate surface area is 76.6 Å². The summed E-state index contributed by atoms with van der Waals surface area (Å²) < 4.78 is 76.4. The zero-order valence-corrected chi connectivity index (χ0v) is 7.42. The Morgan fingerprint density at radius 3 is 1.21 bits per heavy atom. The van der Waals surface area contributed by atoms with Crippen LogP contribution in [0.15, 0.2) is 11.7 Å². The molecule has 0 nitrogen and oxygen atoms in total. The van der Waals surface area contributed by atoms with Gasteiger partial charge in [-0.1, -0.05) is 13.8 Å². The van der Waals surface area contributed by atoms with E-state index in [1.165, 1.54) is 0 Å². The highest BCUT2D eigenvalue weighted by atomic mass is 19.3. The summed E-state index contributed by atoms with van der Waals surface area (Å²) in [5, 5.41) is 0. The molecule has 14 heavy (non-hydrogen) atoms. The van der Waals surface area contributed by atoms with Crippen molar-refractivity contribution in [3.05, 3.63) is 11.7 Å². The van der Waals surface area contributed by atoms with Crippen molar-refractivity contribution in [2.24, 2.45) is 11.8 Å². The second-order valence-electron chi connectivity index (χ2n) is 3.45. The predicted octanol–water partition coefficient (Wildman–Crippen LogP) is 3.69. The summed E-state index contributed by atoms with van der Waals surface area (Å²) in [6.07, 6.45) is 0. The van der Waals surface area contributed by atoms with Gasteiger partial charge in [0.2, 0.25) is 11.7 Å². The quantitative estimate of drug-likeness (QED) is 0.544. The molecule has 0 aromatic rings. The number of allylic oxidation sites excluding steroid dienone is 2. The molecule has 0 fully saturated rings. The second kappa shape index (κ2) is 2.90. The minimum atomic E-state index is -4.15. The molecule has 0 aromatic heterocycles. The molecular weight excluding hydrogens is 210 g/mol. The molecule has 0 radical (unpaired) electrons. The van der Waals surface area contributed by atoms with Gasteiger partial charge in [-0.25, -0.2) is 8.78 Å². The van der Waals surface area contributed by atoms with Crippen LogP contribution in [0, 0.1) is 11.8 Å². The van der Waals surface area contributed by atoms with Crippen molar-refractivity contribution < 1.29 is 26.3 Å². The third kappa shape index (κ3) is 1.23. The van der Waals surface area contributed by atoms with Gasteiger partial charge in [-0.15, -0.1) is 0 Å². The summed E-state index contributed by atoms with van der Waals surface area (Å²) in [6.45, 7) is 1.54. The lowest BCUT2D eigenvalue weighted by molar-refractivity contribution is -0.149. The van der Waals surface area contributed by atoms with Gasteiger partial charge in [0.05, 0.1) is 0 Å². The Morgan fingerprint density at radius 2 is 1.00 bits per heavy atom. The van der Waals surface area contributed by atoms with E-state index in [4.69, 9.17) is 0 Å². The van der Waals surface area contributed by atoms with E-state index in [-0.39, 0.29) is 0 Å². The van der Waals surface area contributed by atoms with Gasteiger partial charge in [0.25, 0.3) is 0 Å². The van der Waals surface area contributed by atoms with Crippen LogP contribution in [0.2, 0.25) is 0 Å². The van der Waals surface area contributed by atoms with E-state index in [0.29, 0.717) is 0 Å². The lowest BCUT2D eigenvalue weighted by Gasteiger charge is -2.36. The Balaban J connectivity index is 3.32. The fourth-order valence-electron chi connectivity index (χ4n) is 1.32. The highest BCUT2D eigenvalue weighted by Crippen LogP contribution is 2.52. The summed E-state index contributed by atoms with van der Waals surface area (Å²) in [5.41, 5.74) is 0. The Hall–Kier alpha value is -0.680. The van der Waals surface area contributed by atoms with E-state index in [2.05, 4.69) is 0 Å². The van der Waals surface area contributed by atoms with Crippen LogP contribution in [0.4, 0.5) is 26.3 Å². The molecule has 0 aromatic carbocycles. The van der Waals surface area contributed by atoms with Crippen molar-refractivity contribution in [1.82, 2.24) is 0 Å². The van der Waals surface area contributed by atoms with Crippen LogP contribution in [-0.2, 0) is 0 Å². The molecule has 2 unspecified atom stereocenters. The Bertz CT molecular complexity index is 252. The Kier molecular flexibility index (Phi) is 2.36. The first-order valence-corrected chi connectivity index (χ1v) is 3.95. The fourth-order valence-corrected chi connectivity index (χ4v) is 1.32. The zero-order chi connectivity index (χ0) is 11.3. The highest BCUT2D eigenvalue weighted by molar-refractivity contribution is 5.23. The first kappa shape index (κ1) is 11.4. The molecule has 0 N–H and O–H groups in total. The number of hydrogen-bond donors (Lipinski definition) is 0. The number of halogens is 6. The number of rotatable bonds is 0. The lowest BCUT2D eigenvalue weighted by Crippen LogP contribution is -2.46. The van der Waals surface area contributed by atoms with Crippen molar-refractivity contribution >= 4 is 0 Å². The molecule has 2 atom stereocenters. The van der Waals surface area contributed by atoms with Crippen LogP contribution in [0.5, 0.6) is 0 Å².